The second-order valence-electron chi connectivity index (χ2n) is 4.75. The van der Waals surface area contributed by atoms with Crippen LogP contribution in [0, 0.1) is 0 Å². The normalized spacial score (nSPS) is 11.1. The second-order valence-corrected chi connectivity index (χ2v) is 5.75. The van der Waals surface area contributed by atoms with Gasteiger partial charge in [-0.1, -0.05) is 0 Å². The van der Waals surface area contributed by atoms with Gasteiger partial charge in [-0.3, -0.25) is 0 Å². The third kappa shape index (κ3) is 2.94. The van der Waals surface area contributed by atoms with Crippen LogP contribution in [0.25, 0.3) is 10.2 Å². The molecule has 0 bridgehead atoms. The molecule has 0 aromatic carbocycles. The van der Waals surface area contributed by atoms with Gasteiger partial charge in [0.1, 0.15) is 27.5 Å². The smallest absolute Gasteiger partial charge is 0.350 e. The highest BCUT2D eigenvalue weighted by Crippen LogP contribution is 2.41. The van der Waals surface area contributed by atoms with E-state index in [1.165, 1.54) is 24.8 Å². The van der Waals surface area contributed by atoms with Crippen LogP contribution in [-0.2, 0) is 4.74 Å². The first-order valence-electron chi connectivity index (χ1n) is 6.19. The SMILES string of the molecule is COC(=O)c1sc2ncnc(N(C)C)c2c1/N=C\N(C)C. The Morgan fingerprint density at radius 1 is 1.33 bits per heavy atom. The molecule has 0 saturated carbocycles. The van der Waals surface area contributed by atoms with Crippen molar-refractivity contribution in [2.24, 2.45) is 4.99 Å². The second kappa shape index (κ2) is 6.04. The zero-order valence-corrected chi connectivity index (χ0v) is 13.4. The zero-order chi connectivity index (χ0) is 15.6. The number of hydrogen-bond acceptors (Lipinski definition) is 7. The van der Waals surface area contributed by atoms with Gasteiger partial charge >= 0.3 is 5.97 Å². The molecule has 0 N–H and O–H groups in total. The van der Waals surface area contributed by atoms with Crippen LogP contribution in [0.4, 0.5) is 11.5 Å². The van der Waals surface area contributed by atoms with Crippen molar-refractivity contribution in [3.8, 4) is 0 Å². The van der Waals surface area contributed by atoms with E-state index in [0.29, 0.717) is 15.4 Å². The van der Waals surface area contributed by atoms with E-state index in [2.05, 4.69) is 15.0 Å². The standard InChI is InChI=1S/C13H17N5O2S/c1-17(2)7-16-9-8-11(18(3)4)14-6-15-12(8)21-10(9)13(19)20-5/h6-7H,1-5H3/b16-7-. The highest BCUT2D eigenvalue weighted by Gasteiger charge is 2.23. The number of carbonyl (C=O) groups excluding carboxylic acids is 1. The van der Waals surface area contributed by atoms with Gasteiger partial charge in [0.2, 0.25) is 0 Å². The Kier molecular flexibility index (Phi) is 4.37. The van der Waals surface area contributed by atoms with Crippen molar-refractivity contribution in [1.29, 1.82) is 0 Å². The Labute approximate surface area is 126 Å². The summed E-state index contributed by atoms with van der Waals surface area (Å²) in [6.45, 7) is 0. The molecule has 0 amide bonds. The van der Waals surface area contributed by atoms with Gasteiger partial charge in [0, 0.05) is 28.2 Å². The van der Waals surface area contributed by atoms with E-state index in [-0.39, 0.29) is 0 Å². The van der Waals surface area contributed by atoms with Crippen molar-refractivity contribution >= 4 is 45.4 Å². The molecule has 112 valence electrons. The number of aliphatic imine (C=N–C) groups is 1. The van der Waals surface area contributed by atoms with Crippen molar-refractivity contribution in [1.82, 2.24) is 14.9 Å². The molecular formula is C13H17N5O2S. The maximum absolute atomic E-state index is 12.0. The lowest BCUT2D eigenvalue weighted by Crippen LogP contribution is -2.11. The van der Waals surface area contributed by atoms with E-state index in [9.17, 15) is 4.79 Å². The Bertz CT molecular complexity index is 693. The first kappa shape index (κ1) is 15.2. The third-order valence-electron chi connectivity index (χ3n) is 2.66. The number of ether oxygens (including phenoxy) is 1. The van der Waals surface area contributed by atoms with Crippen LogP contribution >= 0.6 is 11.3 Å². The molecule has 0 aliphatic carbocycles. The Morgan fingerprint density at radius 2 is 2.05 bits per heavy atom. The van der Waals surface area contributed by atoms with Gasteiger partial charge in [-0.25, -0.2) is 19.8 Å². The van der Waals surface area contributed by atoms with E-state index in [0.717, 1.165) is 11.2 Å². The molecule has 0 spiro atoms. The molecule has 2 heterocycles. The number of esters is 1. The molecule has 7 nitrogen and oxygen atoms in total. The summed E-state index contributed by atoms with van der Waals surface area (Å²) in [6, 6.07) is 0. The van der Waals surface area contributed by atoms with Gasteiger partial charge in [0.25, 0.3) is 0 Å². The van der Waals surface area contributed by atoms with E-state index >= 15 is 0 Å². The minimum absolute atomic E-state index is 0.423. The summed E-state index contributed by atoms with van der Waals surface area (Å²) < 4.78 is 4.84. The number of rotatable bonds is 4. The monoisotopic (exact) mass is 307 g/mol. The van der Waals surface area contributed by atoms with Gasteiger partial charge in [-0.05, 0) is 0 Å². The maximum atomic E-state index is 12.0. The van der Waals surface area contributed by atoms with Crippen LogP contribution in [0.2, 0.25) is 0 Å². The fraction of sp³-hybridized carbons (Fsp3) is 0.385. The van der Waals surface area contributed by atoms with Crippen LogP contribution in [-0.4, -0.2) is 62.5 Å². The highest BCUT2D eigenvalue weighted by atomic mass is 32.1. The summed E-state index contributed by atoms with van der Waals surface area (Å²) >= 11 is 1.26. The molecule has 0 unspecified atom stereocenters. The van der Waals surface area contributed by atoms with Gasteiger partial charge in [-0.15, -0.1) is 11.3 Å². The van der Waals surface area contributed by atoms with Crippen LogP contribution < -0.4 is 4.90 Å². The van der Waals surface area contributed by atoms with Gasteiger partial charge in [0.15, 0.2) is 0 Å². The zero-order valence-electron chi connectivity index (χ0n) is 12.6. The molecule has 0 aliphatic heterocycles. The van der Waals surface area contributed by atoms with Crippen LogP contribution in [0.15, 0.2) is 11.3 Å². The number of fused-ring (bicyclic) bond motifs is 1. The number of nitrogens with zero attached hydrogens (tertiary/aromatic N) is 5. The molecule has 0 atom stereocenters. The van der Waals surface area contributed by atoms with Gasteiger partial charge in [0.05, 0.1) is 18.8 Å². The Hall–Kier alpha value is -2.22. The number of hydrogen-bond donors (Lipinski definition) is 0. The van der Waals surface area contributed by atoms with Crippen molar-refractivity contribution < 1.29 is 9.53 Å². The fourth-order valence-electron chi connectivity index (χ4n) is 1.77. The van der Waals surface area contributed by atoms with Crippen LogP contribution in [0.3, 0.4) is 0 Å². The predicted octanol–water partition coefficient (Wildman–Crippen LogP) is 1.77. The summed E-state index contributed by atoms with van der Waals surface area (Å²) in [4.78, 5) is 29.7. The quantitative estimate of drug-likeness (QED) is 0.487. The summed E-state index contributed by atoms with van der Waals surface area (Å²) in [5, 5.41) is 0.756. The average molecular weight is 307 g/mol. The first-order chi connectivity index (χ1) is 9.95. The summed E-state index contributed by atoms with van der Waals surface area (Å²) in [5.74, 6) is 0.297. The van der Waals surface area contributed by atoms with E-state index in [1.54, 1.807) is 11.2 Å². The minimum atomic E-state index is -0.423. The molecule has 21 heavy (non-hydrogen) atoms. The molecule has 0 saturated heterocycles. The average Bonchev–Trinajstić information content (AvgIpc) is 2.82. The Balaban J connectivity index is 2.76. The molecule has 0 radical (unpaired) electrons. The lowest BCUT2D eigenvalue weighted by molar-refractivity contribution is 0.0607. The van der Waals surface area contributed by atoms with Gasteiger partial charge < -0.3 is 14.5 Å². The van der Waals surface area contributed by atoms with Gasteiger partial charge in [-0.2, -0.15) is 0 Å². The molecule has 8 heteroatoms. The molecule has 2 aromatic heterocycles. The number of thiophene rings is 1. The fourth-order valence-corrected chi connectivity index (χ4v) is 2.77. The topological polar surface area (TPSA) is 70.9 Å². The van der Waals surface area contributed by atoms with Crippen molar-refractivity contribution in [3.63, 3.8) is 0 Å². The Morgan fingerprint density at radius 3 is 2.62 bits per heavy atom. The van der Waals surface area contributed by atoms with E-state index in [4.69, 9.17) is 4.74 Å². The maximum Gasteiger partial charge on any atom is 0.350 e. The predicted molar refractivity (Wildman–Crippen MR) is 84.9 cm³/mol. The highest BCUT2D eigenvalue weighted by molar-refractivity contribution is 7.21. The van der Waals surface area contributed by atoms with Crippen molar-refractivity contribution in [2.75, 3.05) is 40.2 Å². The van der Waals surface area contributed by atoms with Crippen molar-refractivity contribution in [3.05, 3.63) is 11.2 Å². The first-order valence-corrected chi connectivity index (χ1v) is 7.01. The minimum Gasteiger partial charge on any atom is -0.465 e. The molecule has 2 rings (SSSR count). The summed E-state index contributed by atoms with van der Waals surface area (Å²) in [5.41, 5.74) is 0.542. The van der Waals surface area contributed by atoms with E-state index in [1.807, 2.05) is 33.1 Å². The van der Waals surface area contributed by atoms with Crippen LogP contribution in [0.5, 0.6) is 0 Å². The lowest BCUT2D eigenvalue weighted by atomic mass is 10.2. The third-order valence-corrected chi connectivity index (χ3v) is 3.72. The number of aromatic nitrogens is 2. The summed E-state index contributed by atoms with van der Waals surface area (Å²) in [6.07, 6.45) is 3.12. The summed E-state index contributed by atoms with van der Waals surface area (Å²) in [7, 11) is 8.84. The molecule has 0 fully saturated rings. The van der Waals surface area contributed by atoms with Crippen LogP contribution in [0.1, 0.15) is 9.67 Å². The molecular weight excluding hydrogens is 290 g/mol. The van der Waals surface area contributed by atoms with Crippen molar-refractivity contribution in [2.45, 2.75) is 0 Å². The molecule has 0 aliphatic rings. The number of methoxy groups -OCH3 is 1. The number of anilines is 1. The largest absolute Gasteiger partial charge is 0.465 e. The lowest BCUT2D eigenvalue weighted by Gasteiger charge is -2.12. The number of carbonyl (C=O) groups is 1. The van der Waals surface area contributed by atoms with E-state index < -0.39 is 5.97 Å². The molecule has 2 aromatic rings.